The molecule has 0 aliphatic heterocycles. The summed E-state index contributed by atoms with van der Waals surface area (Å²) in [7, 11) is 0. The van der Waals surface area contributed by atoms with Crippen molar-refractivity contribution in [3.8, 4) is 0 Å². The van der Waals surface area contributed by atoms with E-state index < -0.39 is 5.63 Å². The predicted molar refractivity (Wildman–Crippen MR) is 102 cm³/mol. The smallest absolute Gasteiger partial charge is 0.349 e. The molecule has 1 amide bonds. The molecule has 0 aliphatic carbocycles. The minimum Gasteiger partial charge on any atom is -0.422 e. The highest BCUT2D eigenvalue weighted by molar-refractivity contribution is 5.96. The van der Waals surface area contributed by atoms with E-state index in [1.54, 1.807) is 18.2 Å². The first-order valence-electron chi connectivity index (χ1n) is 9.53. The van der Waals surface area contributed by atoms with Crippen LogP contribution in [0.4, 0.5) is 0 Å². The number of unbranched alkanes of at least 4 members (excludes halogenated alkanes) is 8. The second-order valence-corrected chi connectivity index (χ2v) is 6.57. The van der Waals surface area contributed by atoms with Gasteiger partial charge in [-0.2, -0.15) is 0 Å². The molecule has 2 rings (SSSR count). The summed E-state index contributed by atoms with van der Waals surface area (Å²) >= 11 is 0. The SMILES string of the molecule is CCCCCCCCCCCNC(=O)c1cc2ccccc2oc1=O. The van der Waals surface area contributed by atoms with Crippen LogP contribution in [0.15, 0.2) is 39.5 Å². The fraction of sp³-hybridized carbons (Fsp3) is 0.524. The number of benzene rings is 1. The number of para-hydroxylation sites is 1. The maximum Gasteiger partial charge on any atom is 0.349 e. The summed E-state index contributed by atoms with van der Waals surface area (Å²) in [5, 5.41) is 3.58. The summed E-state index contributed by atoms with van der Waals surface area (Å²) in [6.07, 6.45) is 11.2. The zero-order chi connectivity index (χ0) is 17.9. The molecule has 0 unspecified atom stereocenters. The van der Waals surface area contributed by atoms with E-state index in [0.29, 0.717) is 12.1 Å². The molecule has 1 aromatic carbocycles. The van der Waals surface area contributed by atoms with Gasteiger partial charge >= 0.3 is 5.63 Å². The molecule has 2 aromatic rings. The molecule has 0 spiro atoms. The topological polar surface area (TPSA) is 59.3 Å². The van der Waals surface area contributed by atoms with Crippen LogP contribution in [0.25, 0.3) is 11.0 Å². The summed E-state index contributed by atoms with van der Waals surface area (Å²) < 4.78 is 5.20. The minimum atomic E-state index is -0.580. The molecule has 0 atom stereocenters. The van der Waals surface area contributed by atoms with Crippen LogP contribution in [-0.2, 0) is 0 Å². The maximum absolute atomic E-state index is 12.2. The Balaban J connectivity index is 1.67. The molecule has 0 saturated heterocycles. The summed E-state index contributed by atoms with van der Waals surface area (Å²) in [5.74, 6) is -0.348. The molecule has 136 valence electrons. The highest BCUT2D eigenvalue weighted by Gasteiger charge is 2.12. The molecule has 0 bridgehead atoms. The van der Waals surface area contributed by atoms with Gasteiger partial charge in [-0.05, 0) is 18.6 Å². The van der Waals surface area contributed by atoms with Gasteiger partial charge in [0.15, 0.2) is 0 Å². The van der Waals surface area contributed by atoms with Crippen LogP contribution in [0.3, 0.4) is 0 Å². The fourth-order valence-corrected chi connectivity index (χ4v) is 2.95. The largest absolute Gasteiger partial charge is 0.422 e. The van der Waals surface area contributed by atoms with E-state index >= 15 is 0 Å². The third-order valence-corrected chi connectivity index (χ3v) is 4.45. The average molecular weight is 343 g/mol. The van der Waals surface area contributed by atoms with E-state index in [9.17, 15) is 9.59 Å². The quantitative estimate of drug-likeness (QED) is 0.458. The summed E-state index contributed by atoms with van der Waals surface area (Å²) in [6, 6.07) is 8.81. The fourth-order valence-electron chi connectivity index (χ4n) is 2.95. The lowest BCUT2D eigenvalue weighted by molar-refractivity contribution is 0.0949. The van der Waals surface area contributed by atoms with E-state index in [0.717, 1.165) is 18.2 Å². The highest BCUT2D eigenvalue weighted by atomic mass is 16.4. The number of hydrogen-bond donors (Lipinski definition) is 1. The number of carbonyl (C=O) groups excluding carboxylic acids is 1. The molecule has 0 radical (unpaired) electrons. The van der Waals surface area contributed by atoms with E-state index in [4.69, 9.17) is 4.42 Å². The summed E-state index contributed by atoms with van der Waals surface area (Å²) in [6.45, 7) is 2.83. The van der Waals surface area contributed by atoms with Gasteiger partial charge in [0.1, 0.15) is 11.1 Å². The molecule has 1 heterocycles. The van der Waals surface area contributed by atoms with Crippen LogP contribution in [0.5, 0.6) is 0 Å². The van der Waals surface area contributed by atoms with E-state index in [1.807, 2.05) is 12.1 Å². The van der Waals surface area contributed by atoms with E-state index in [2.05, 4.69) is 12.2 Å². The Morgan fingerprint density at radius 1 is 0.960 bits per heavy atom. The molecular formula is C21H29NO3. The minimum absolute atomic E-state index is 0.0784. The first-order chi connectivity index (χ1) is 12.2. The summed E-state index contributed by atoms with van der Waals surface area (Å²) in [4.78, 5) is 24.1. The lowest BCUT2D eigenvalue weighted by Crippen LogP contribution is -2.29. The van der Waals surface area contributed by atoms with Crippen molar-refractivity contribution in [3.63, 3.8) is 0 Å². The summed E-state index contributed by atoms with van der Waals surface area (Å²) in [5.41, 5.74) is 0.000824. The molecule has 4 heteroatoms. The lowest BCUT2D eigenvalue weighted by atomic mass is 10.1. The standard InChI is InChI=1S/C21H29NO3/c1-2-3-4-5-6-7-8-9-12-15-22-20(23)18-16-17-13-10-11-14-19(17)25-21(18)24/h10-11,13-14,16H,2-9,12,15H2,1H3,(H,22,23). The van der Waals surface area contributed by atoms with Crippen molar-refractivity contribution >= 4 is 16.9 Å². The van der Waals surface area contributed by atoms with Gasteiger partial charge in [-0.1, -0.05) is 76.5 Å². The van der Waals surface area contributed by atoms with Crippen molar-refractivity contribution in [3.05, 3.63) is 46.3 Å². The van der Waals surface area contributed by atoms with Gasteiger partial charge in [0.05, 0.1) is 0 Å². The zero-order valence-corrected chi connectivity index (χ0v) is 15.2. The first-order valence-corrected chi connectivity index (χ1v) is 9.53. The van der Waals surface area contributed by atoms with Crippen LogP contribution < -0.4 is 10.9 Å². The Labute approximate surface area is 149 Å². The van der Waals surface area contributed by atoms with E-state index in [-0.39, 0.29) is 11.5 Å². The van der Waals surface area contributed by atoms with Crippen molar-refractivity contribution in [2.45, 2.75) is 64.7 Å². The average Bonchev–Trinajstić information content (AvgIpc) is 2.62. The number of amides is 1. The van der Waals surface area contributed by atoms with Gasteiger partial charge in [-0.15, -0.1) is 0 Å². The Morgan fingerprint density at radius 2 is 1.60 bits per heavy atom. The van der Waals surface area contributed by atoms with Crippen molar-refractivity contribution < 1.29 is 9.21 Å². The first kappa shape index (κ1) is 19.2. The number of nitrogens with one attached hydrogen (secondary N) is 1. The van der Waals surface area contributed by atoms with Crippen LogP contribution in [0.1, 0.15) is 75.1 Å². The Morgan fingerprint density at radius 3 is 2.32 bits per heavy atom. The molecule has 0 fully saturated rings. The van der Waals surface area contributed by atoms with Crippen LogP contribution >= 0.6 is 0 Å². The van der Waals surface area contributed by atoms with Gasteiger partial charge < -0.3 is 9.73 Å². The lowest BCUT2D eigenvalue weighted by Gasteiger charge is -2.05. The van der Waals surface area contributed by atoms with Crippen LogP contribution in [0, 0.1) is 0 Å². The van der Waals surface area contributed by atoms with Crippen molar-refractivity contribution in [2.75, 3.05) is 6.54 Å². The zero-order valence-electron chi connectivity index (χ0n) is 15.2. The van der Waals surface area contributed by atoms with Crippen LogP contribution in [0.2, 0.25) is 0 Å². The Hall–Kier alpha value is -2.10. The highest BCUT2D eigenvalue weighted by Crippen LogP contribution is 2.12. The number of hydrogen-bond acceptors (Lipinski definition) is 3. The molecule has 0 saturated carbocycles. The molecule has 25 heavy (non-hydrogen) atoms. The van der Waals surface area contributed by atoms with Crippen molar-refractivity contribution in [1.82, 2.24) is 5.32 Å². The van der Waals surface area contributed by atoms with Gasteiger partial charge in [-0.3, -0.25) is 4.79 Å². The molecule has 4 nitrogen and oxygen atoms in total. The maximum atomic E-state index is 12.2. The Kier molecular flexibility index (Phi) is 8.23. The second-order valence-electron chi connectivity index (χ2n) is 6.57. The molecule has 1 aromatic heterocycles. The number of carbonyl (C=O) groups is 1. The third kappa shape index (κ3) is 6.37. The third-order valence-electron chi connectivity index (χ3n) is 4.45. The molecule has 1 N–H and O–H groups in total. The number of fused-ring (bicyclic) bond motifs is 1. The predicted octanol–water partition coefficient (Wildman–Crippen LogP) is 5.05. The number of rotatable bonds is 11. The molecule has 0 aliphatic rings. The van der Waals surface area contributed by atoms with Crippen molar-refractivity contribution in [1.29, 1.82) is 0 Å². The normalized spacial score (nSPS) is 10.9. The Bertz CT molecular complexity index is 720. The van der Waals surface area contributed by atoms with Gasteiger partial charge in [0, 0.05) is 11.9 Å². The second kappa shape index (κ2) is 10.7. The van der Waals surface area contributed by atoms with Gasteiger partial charge in [0.2, 0.25) is 0 Å². The monoisotopic (exact) mass is 343 g/mol. The van der Waals surface area contributed by atoms with Crippen LogP contribution in [-0.4, -0.2) is 12.5 Å². The van der Waals surface area contributed by atoms with Gasteiger partial charge in [-0.25, -0.2) is 4.79 Å². The van der Waals surface area contributed by atoms with Gasteiger partial charge in [0.25, 0.3) is 5.91 Å². The van der Waals surface area contributed by atoms with E-state index in [1.165, 1.54) is 44.9 Å². The molecular weight excluding hydrogens is 314 g/mol. The van der Waals surface area contributed by atoms with Crippen molar-refractivity contribution in [2.24, 2.45) is 0 Å².